The van der Waals surface area contributed by atoms with Crippen LogP contribution in [0.1, 0.15) is 27.5 Å². The van der Waals surface area contributed by atoms with Crippen LogP contribution in [0.4, 0.5) is 5.69 Å². The summed E-state index contributed by atoms with van der Waals surface area (Å²) in [6.45, 7) is 2.15. The highest BCUT2D eigenvalue weighted by Gasteiger charge is 2.17. The van der Waals surface area contributed by atoms with Gasteiger partial charge >= 0.3 is 0 Å². The zero-order valence-corrected chi connectivity index (χ0v) is 13.9. The van der Waals surface area contributed by atoms with Crippen molar-refractivity contribution in [3.8, 4) is 0 Å². The van der Waals surface area contributed by atoms with Crippen molar-refractivity contribution in [3.63, 3.8) is 0 Å². The molecule has 0 radical (unpaired) electrons. The predicted molar refractivity (Wildman–Crippen MR) is 92.4 cm³/mol. The fourth-order valence-corrected chi connectivity index (χ4v) is 3.84. The molecule has 0 unspecified atom stereocenters. The van der Waals surface area contributed by atoms with E-state index in [-0.39, 0.29) is 5.91 Å². The van der Waals surface area contributed by atoms with Gasteiger partial charge in [0.25, 0.3) is 5.91 Å². The molecule has 7 nitrogen and oxygen atoms in total. The van der Waals surface area contributed by atoms with E-state index in [1.54, 1.807) is 29.3 Å². The fourth-order valence-electron chi connectivity index (χ4n) is 2.91. The molecule has 0 spiro atoms. The number of nitrogens with one attached hydrogen (secondary N) is 2. The summed E-state index contributed by atoms with van der Waals surface area (Å²) in [5.41, 5.74) is 1.36. The highest BCUT2D eigenvalue weighted by molar-refractivity contribution is 7.13. The van der Waals surface area contributed by atoms with E-state index < -0.39 is 0 Å². The second kappa shape index (κ2) is 6.66. The lowest BCUT2D eigenvalue weighted by atomic mass is 9.95. The molecule has 0 bridgehead atoms. The number of fused-ring (bicyclic) bond motifs is 1. The monoisotopic (exact) mass is 342 g/mol. The van der Waals surface area contributed by atoms with Crippen LogP contribution in [0.2, 0.25) is 0 Å². The fraction of sp³-hybridized carbons (Fsp3) is 0.375. The molecule has 3 aromatic rings. The minimum Gasteiger partial charge on any atom is -0.319 e. The number of thiazole rings is 1. The lowest BCUT2D eigenvalue weighted by molar-refractivity contribution is 0.103. The van der Waals surface area contributed by atoms with Gasteiger partial charge in [0.05, 0.1) is 35.5 Å². The summed E-state index contributed by atoms with van der Waals surface area (Å²) in [6.07, 6.45) is 10.0. The summed E-state index contributed by atoms with van der Waals surface area (Å²) in [4.78, 5) is 21.7. The smallest absolute Gasteiger partial charge is 0.267 e. The molecule has 2 N–H and O–H groups in total. The molecule has 0 atom stereocenters. The lowest BCUT2D eigenvalue weighted by Crippen LogP contribution is -2.28. The Kier molecular flexibility index (Phi) is 4.22. The van der Waals surface area contributed by atoms with Crippen molar-refractivity contribution in [2.75, 3.05) is 18.4 Å². The number of hydrogen-bond acceptors (Lipinski definition) is 6. The first-order valence-corrected chi connectivity index (χ1v) is 8.86. The number of hydrogen-bond donors (Lipinski definition) is 2. The van der Waals surface area contributed by atoms with E-state index in [9.17, 15) is 4.79 Å². The predicted octanol–water partition coefficient (Wildman–Crippen LogP) is 1.98. The van der Waals surface area contributed by atoms with E-state index in [1.165, 1.54) is 24.2 Å². The third-order valence-corrected chi connectivity index (χ3v) is 5.22. The molecule has 124 valence electrons. The number of anilines is 1. The topological polar surface area (TPSA) is 84.2 Å². The number of nitrogens with zero attached hydrogens (tertiary/aromatic N) is 4. The number of carbonyl (C=O) groups is 1. The van der Waals surface area contributed by atoms with Crippen LogP contribution in [0.25, 0.3) is 5.65 Å². The number of rotatable bonds is 4. The molecule has 3 aromatic heterocycles. The van der Waals surface area contributed by atoms with Gasteiger partial charge in [0.15, 0.2) is 5.65 Å². The normalized spacial score (nSPS) is 15.7. The van der Waals surface area contributed by atoms with Crippen molar-refractivity contribution in [1.82, 2.24) is 24.9 Å². The minimum absolute atomic E-state index is 0.155. The first-order valence-electron chi connectivity index (χ1n) is 8.04. The van der Waals surface area contributed by atoms with Gasteiger partial charge in [0, 0.05) is 12.5 Å². The van der Waals surface area contributed by atoms with E-state index in [0.29, 0.717) is 16.5 Å². The van der Waals surface area contributed by atoms with Crippen LogP contribution in [0.3, 0.4) is 0 Å². The molecule has 1 aliphatic heterocycles. The summed E-state index contributed by atoms with van der Waals surface area (Å²) >= 11 is 1.47. The summed E-state index contributed by atoms with van der Waals surface area (Å²) in [5.74, 6) is 0.511. The van der Waals surface area contributed by atoms with Crippen LogP contribution >= 0.6 is 11.3 Å². The van der Waals surface area contributed by atoms with Crippen LogP contribution in [-0.2, 0) is 6.42 Å². The van der Waals surface area contributed by atoms with Crippen molar-refractivity contribution >= 4 is 28.6 Å². The molecule has 1 fully saturated rings. The van der Waals surface area contributed by atoms with Gasteiger partial charge in [-0.25, -0.2) is 14.5 Å². The van der Waals surface area contributed by atoms with Gasteiger partial charge in [-0.3, -0.25) is 4.79 Å². The van der Waals surface area contributed by atoms with Gasteiger partial charge in [0.2, 0.25) is 0 Å². The maximum atomic E-state index is 12.4. The average molecular weight is 342 g/mol. The molecule has 0 saturated carbocycles. The Hall–Kier alpha value is -2.32. The van der Waals surface area contributed by atoms with Gasteiger partial charge < -0.3 is 10.6 Å². The molecular formula is C16H18N6OS. The molecule has 1 amide bonds. The molecule has 24 heavy (non-hydrogen) atoms. The van der Waals surface area contributed by atoms with Crippen LogP contribution in [-0.4, -0.2) is 38.6 Å². The summed E-state index contributed by atoms with van der Waals surface area (Å²) in [7, 11) is 0. The molecule has 1 saturated heterocycles. The molecule has 0 aliphatic carbocycles. The first-order chi connectivity index (χ1) is 11.8. The Labute approximate surface area is 143 Å². The SMILES string of the molecule is O=C(Nc1cnc2ccnn2c1)c1cnc(CC2CCNCC2)s1. The van der Waals surface area contributed by atoms with Crippen molar-refractivity contribution in [1.29, 1.82) is 0 Å². The van der Waals surface area contributed by atoms with Gasteiger partial charge in [-0.2, -0.15) is 5.10 Å². The standard InChI is InChI=1S/C16H18N6OS/c23-16(21-12-8-18-14-3-6-20-22(14)10-12)13-9-19-15(24-13)7-11-1-4-17-5-2-11/h3,6,8-11,17H,1-2,4-5,7H2,(H,21,23). The van der Waals surface area contributed by atoms with Crippen LogP contribution < -0.4 is 10.6 Å². The summed E-state index contributed by atoms with van der Waals surface area (Å²) < 4.78 is 1.63. The molecule has 4 heterocycles. The minimum atomic E-state index is -0.155. The van der Waals surface area contributed by atoms with Crippen LogP contribution in [0.15, 0.2) is 30.9 Å². The Bertz CT molecular complexity index is 851. The first kappa shape index (κ1) is 15.2. The third-order valence-electron chi connectivity index (χ3n) is 4.20. The van der Waals surface area contributed by atoms with Gasteiger partial charge in [0.1, 0.15) is 4.88 Å². The average Bonchev–Trinajstić information content (AvgIpc) is 3.24. The number of piperidine rings is 1. The quantitative estimate of drug-likeness (QED) is 0.757. The van der Waals surface area contributed by atoms with Gasteiger partial charge in [-0.15, -0.1) is 11.3 Å². The van der Waals surface area contributed by atoms with Gasteiger partial charge in [-0.05, 0) is 31.8 Å². The second-order valence-electron chi connectivity index (χ2n) is 5.95. The summed E-state index contributed by atoms with van der Waals surface area (Å²) in [5, 5.41) is 11.4. The van der Waals surface area contributed by atoms with Crippen molar-refractivity contribution in [3.05, 3.63) is 40.7 Å². The molecular weight excluding hydrogens is 324 g/mol. The molecule has 1 aliphatic rings. The van der Waals surface area contributed by atoms with Crippen molar-refractivity contribution in [2.24, 2.45) is 5.92 Å². The lowest BCUT2D eigenvalue weighted by Gasteiger charge is -2.21. The van der Waals surface area contributed by atoms with E-state index in [2.05, 4.69) is 25.7 Å². The Balaban J connectivity index is 1.42. The van der Waals surface area contributed by atoms with E-state index >= 15 is 0 Å². The Morgan fingerprint density at radius 1 is 1.33 bits per heavy atom. The summed E-state index contributed by atoms with van der Waals surface area (Å²) in [6, 6.07) is 1.81. The highest BCUT2D eigenvalue weighted by atomic mass is 32.1. The number of amides is 1. The third kappa shape index (κ3) is 3.29. The second-order valence-corrected chi connectivity index (χ2v) is 7.06. The van der Waals surface area contributed by atoms with E-state index in [0.717, 1.165) is 30.2 Å². The van der Waals surface area contributed by atoms with E-state index in [1.807, 2.05) is 6.07 Å². The van der Waals surface area contributed by atoms with Gasteiger partial charge in [-0.1, -0.05) is 0 Å². The molecule has 8 heteroatoms. The Morgan fingerprint density at radius 2 is 2.21 bits per heavy atom. The molecule has 0 aromatic carbocycles. The Morgan fingerprint density at radius 3 is 3.08 bits per heavy atom. The van der Waals surface area contributed by atoms with E-state index in [4.69, 9.17) is 0 Å². The zero-order chi connectivity index (χ0) is 16.4. The maximum absolute atomic E-state index is 12.4. The van der Waals surface area contributed by atoms with Crippen LogP contribution in [0.5, 0.6) is 0 Å². The van der Waals surface area contributed by atoms with Crippen LogP contribution in [0, 0.1) is 5.92 Å². The maximum Gasteiger partial charge on any atom is 0.267 e. The van der Waals surface area contributed by atoms with Crippen molar-refractivity contribution < 1.29 is 4.79 Å². The highest BCUT2D eigenvalue weighted by Crippen LogP contribution is 2.22. The molecule has 4 rings (SSSR count). The number of carbonyl (C=O) groups excluding carboxylic acids is 1. The largest absolute Gasteiger partial charge is 0.319 e. The number of aromatic nitrogens is 4. The zero-order valence-electron chi connectivity index (χ0n) is 13.1. The van der Waals surface area contributed by atoms with Crippen molar-refractivity contribution in [2.45, 2.75) is 19.3 Å².